The van der Waals surface area contributed by atoms with Crippen molar-refractivity contribution >= 4 is 11.8 Å². The predicted octanol–water partition coefficient (Wildman–Crippen LogP) is 2.27. The van der Waals surface area contributed by atoms with Crippen LogP contribution < -0.4 is 5.32 Å². The van der Waals surface area contributed by atoms with E-state index < -0.39 is 5.60 Å². The molecule has 2 N–H and O–H groups in total. The molecule has 0 bridgehead atoms. The number of rotatable bonds is 3. The summed E-state index contributed by atoms with van der Waals surface area (Å²) in [5.74, 6) is 3.69. The lowest BCUT2D eigenvalue weighted by atomic mass is 9.79. The van der Waals surface area contributed by atoms with E-state index in [1.165, 1.54) is 19.3 Å². The van der Waals surface area contributed by atoms with Gasteiger partial charge < -0.3 is 10.4 Å². The van der Waals surface area contributed by atoms with Crippen LogP contribution in [-0.4, -0.2) is 34.8 Å². The summed E-state index contributed by atoms with van der Waals surface area (Å²) in [5.41, 5.74) is -0.423. The summed E-state index contributed by atoms with van der Waals surface area (Å²) < 4.78 is 0. The summed E-state index contributed by atoms with van der Waals surface area (Å²) in [5, 5.41) is 13.9. The fourth-order valence-corrected chi connectivity index (χ4v) is 4.32. The highest BCUT2D eigenvalue weighted by atomic mass is 32.2. The Balaban J connectivity index is 1.77. The minimum Gasteiger partial charge on any atom is -0.388 e. The van der Waals surface area contributed by atoms with Crippen LogP contribution in [0.25, 0.3) is 0 Å². The quantitative estimate of drug-likeness (QED) is 0.797. The predicted molar refractivity (Wildman–Crippen MR) is 70.9 cm³/mol. The smallest absolute Gasteiger partial charge is 0.0869 e. The standard InChI is InChI=1S/C13H25NOS/c1-10-3-4-12(11(2)7-10)14-8-13(15)5-6-16-9-13/h10-12,14-15H,3-9H2,1-2H3/t10-,11+,12-,13+/m1/s1. The first-order chi connectivity index (χ1) is 7.59. The van der Waals surface area contributed by atoms with Gasteiger partial charge in [-0.2, -0.15) is 11.8 Å². The molecule has 1 aliphatic heterocycles. The molecule has 94 valence electrons. The van der Waals surface area contributed by atoms with Crippen molar-refractivity contribution in [2.24, 2.45) is 11.8 Å². The molecule has 1 saturated carbocycles. The van der Waals surface area contributed by atoms with Crippen LogP contribution in [0.2, 0.25) is 0 Å². The maximum absolute atomic E-state index is 10.3. The maximum atomic E-state index is 10.3. The molecule has 4 atom stereocenters. The Morgan fingerprint density at radius 3 is 2.81 bits per heavy atom. The van der Waals surface area contributed by atoms with Gasteiger partial charge in [-0.3, -0.25) is 0 Å². The third kappa shape index (κ3) is 3.14. The first-order valence-electron chi connectivity index (χ1n) is 6.62. The molecule has 0 amide bonds. The molecule has 0 aromatic rings. The lowest BCUT2D eigenvalue weighted by Gasteiger charge is -2.35. The van der Waals surface area contributed by atoms with Crippen LogP contribution in [0.3, 0.4) is 0 Å². The van der Waals surface area contributed by atoms with E-state index in [2.05, 4.69) is 19.2 Å². The summed E-state index contributed by atoms with van der Waals surface area (Å²) in [4.78, 5) is 0. The lowest BCUT2D eigenvalue weighted by Crippen LogP contribution is -2.48. The molecule has 0 unspecified atom stereocenters. The molecule has 0 radical (unpaired) electrons. The Kier molecular flexibility index (Phi) is 4.20. The zero-order valence-corrected chi connectivity index (χ0v) is 11.4. The molecule has 1 heterocycles. The zero-order valence-electron chi connectivity index (χ0n) is 10.5. The molecule has 0 aromatic carbocycles. The molecule has 1 saturated heterocycles. The van der Waals surface area contributed by atoms with Crippen LogP contribution in [0.4, 0.5) is 0 Å². The summed E-state index contributed by atoms with van der Waals surface area (Å²) in [6.07, 6.45) is 4.92. The molecule has 2 rings (SSSR count). The second-order valence-corrected chi connectivity index (χ2v) is 7.02. The van der Waals surface area contributed by atoms with Gasteiger partial charge in [-0.15, -0.1) is 0 Å². The van der Waals surface area contributed by atoms with Crippen LogP contribution in [0.15, 0.2) is 0 Å². The average Bonchev–Trinajstić information content (AvgIpc) is 2.64. The maximum Gasteiger partial charge on any atom is 0.0869 e. The Hall–Kier alpha value is 0.270. The van der Waals surface area contributed by atoms with Gasteiger partial charge in [-0.25, -0.2) is 0 Å². The minimum atomic E-state index is -0.423. The van der Waals surface area contributed by atoms with Crippen molar-refractivity contribution in [3.63, 3.8) is 0 Å². The third-order valence-corrected chi connectivity index (χ3v) is 5.44. The van der Waals surface area contributed by atoms with E-state index in [0.717, 1.165) is 36.3 Å². The first kappa shape index (κ1) is 12.7. The molecule has 2 aliphatic rings. The fourth-order valence-electron chi connectivity index (χ4n) is 3.03. The monoisotopic (exact) mass is 243 g/mol. The van der Waals surface area contributed by atoms with Crippen molar-refractivity contribution in [2.75, 3.05) is 18.1 Å². The highest BCUT2D eigenvalue weighted by Gasteiger charge is 2.33. The summed E-state index contributed by atoms with van der Waals surface area (Å²) in [6, 6.07) is 0.630. The van der Waals surface area contributed by atoms with Crippen molar-refractivity contribution in [1.29, 1.82) is 0 Å². The second-order valence-electron chi connectivity index (χ2n) is 5.91. The normalized spacial score (nSPS) is 44.8. The first-order valence-corrected chi connectivity index (χ1v) is 7.78. The van der Waals surface area contributed by atoms with Crippen molar-refractivity contribution in [2.45, 2.75) is 51.2 Å². The summed E-state index contributed by atoms with van der Waals surface area (Å²) in [7, 11) is 0. The minimum absolute atomic E-state index is 0.423. The van der Waals surface area contributed by atoms with Gasteiger partial charge in [0.1, 0.15) is 0 Å². The van der Waals surface area contributed by atoms with Crippen LogP contribution in [0.5, 0.6) is 0 Å². The van der Waals surface area contributed by atoms with Gasteiger partial charge in [0.2, 0.25) is 0 Å². The highest BCUT2D eigenvalue weighted by molar-refractivity contribution is 7.99. The Bertz CT molecular complexity index is 228. The third-order valence-electron chi connectivity index (χ3n) is 4.21. The van der Waals surface area contributed by atoms with Crippen molar-refractivity contribution in [3.05, 3.63) is 0 Å². The number of nitrogens with one attached hydrogen (secondary N) is 1. The van der Waals surface area contributed by atoms with Crippen molar-refractivity contribution in [3.8, 4) is 0 Å². The number of hydrogen-bond donors (Lipinski definition) is 2. The summed E-state index contributed by atoms with van der Waals surface area (Å²) >= 11 is 1.88. The Labute approximate surface area is 104 Å². The van der Waals surface area contributed by atoms with Crippen LogP contribution >= 0.6 is 11.8 Å². The van der Waals surface area contributed by atoms with E-state index in [4.69, 9.17) is 0 Å². The van der Waals surface area contributed by atoms with Gasteiger partial charge in [-0.1, -0.05) is 13.8 Å². The molecule has 1 aliphatic carbocycles. The van der Waals surface area contributed by atoms with Crippen molar-refractivity contribution < 1.29 is 5.11 Å². The van der Waals surface area contributed by atoms with E-state index in [0.29, 0.717) is 6.04 Å². The van der Waals surface area contributed by atoms with Gasteiger partial charge in [0, 0.05) is 18.3 Å². The Morgan fingerprint density at radius 1 is 1.38 bits per heavy atom. The number of hydrogen-bond acceptors (Lipinski definition) is 3. The van der Waals surface area contributed by atoms with Crippen LogP contribution in [0.1, 0.15) is 39.5 Å². The van der Waals surface area contributed by atoms with E-state index in [1.54, 1.807) is 0 Å². The van der Waals surface area contributed by atoms with Gasteiger partial charge in [-0.05, 0) is 43.3 Å². The number of thioether (sulfide) groups is 1. The zero-order chi connectivity index (χ0) is 11.6. The van der Waals surface area contributed by atoms with Gasteiger partial charge in [0.25, 0.3) is 0 Å². The van der Waals surface area contributed by atoms with E-state index >= 15 is 0 Å². The molecule has 16 heavy (non-hydrogen) atoms. The molecule has 2 fully saturated rings. The highest BCUT2D eigenvalue weighted by Crippen LogP contribution is 2.30. The molecule has 2 nitrogen and oxygen atoms in total. The molecular formula is C13H25NOS. The topological polar surface area (TPSA) is 32.3 Å². The van der Waals surface area contributed by atoms with Crippen LogP contribution in [0, 0.1) is 11.8 Å². The van der Waals surface area contributed by atoms with Gasteiger partial charge >= 0.3 is 0 Å². The van der Waals surface area contributed by atoms with E-state index in [9.17, 15) is 5.11 Å². The fraction of sp³-hybridized carbons (Fsp3) is 1.00. The second kappa shape index (κ2) is 5.28. The number of aliphatic hydroxyl groups is 1. The van der Waals surface area contributed by atoms with E-state index in [-0.39, 0.29) is 0 Å². The molecule has 0 aromatic heterocycles. The molecule has 0 spiro atoms. The van der Waals surface area contributed by atoms with E-state index in [1.807, 2.05) is 11.8 Å². The van der Waals surface area contributed by atoms with Crippen molar-refractivity contribution in [1.82, 2.24) is 5.32 Å². The Morgan fingerprint density at radius 2 is 2.19 bits per heavy atom. The van der Waals surface area contributed by atoms with Gasteiger partial charge in [0.15, 0.2) is 0 Å². The van der Waals surface area contributed by atoms with Gasteiger partial charge in [0.05, 0.1) is 5.60 Å². The molecule has 3 heteroatoms. The SMILES string of the molecule is C[C@@H]1CC[C@@H](NC[C@@]2(O)CCSC2)[C@@H](C)C1. The lowest BCUT2D eigenvalue weighted by molar-refractivity contribution is 0.0585. The van der Waals surface area contributed by atoms with Crippen LogP contribution in [-0.2, 0) is 0 Å². The molecular weight excluding hydrogens is 218 g/mol. The summed E-state index contributed by atoms with van der Waals surface area (Å²) in [6.45, 7) is 5.50. The average molecular weight is 243 g/mol. The largest absolute Gasteiger partial charge is 0.388 e.